The maximum Gasteiger partial charge on any atom is 0.296 e. The number of carbonyl (C=O) groups excluding carboxylic acids is 2. The Morgan fingerprint density at radius 2 is 1.16 bits per heavy atom. The summed E-state index contributed by atoms with van der Waals surface area (Å²) in [7, 11) is -9.26. The van der Waals surface area contributed by atoms with Crippen LogP contribution in [0.15, 0.2) is 85.9 Å². The molecule has 6 rings (SSSR count). The minimum atomic E-state index is -5.02. The maximum absolute atomic E-state index is 15.8. The molecule has 0 bridgehead atoms. The number of rotatable bonds is 23. The molecule has 0 saturated carbocycles. The average molecular weight is 1130 g/mol. The van der Waals surface area contributed by atoms with Crippen molar-refractivity contribution in [1.29, 1.82) is 0 Å². The summed E-state index contributed by atoms with van der Waals surface area (Å²) in [6.07, 6.45) is 8.00. The molecule has 0 spiro atoms. The number of hydrogen-bond donors (Lipinski definition) is 4. The lowest BCUT2D eigenvalue weighted by Gasteiger charge is -2.31. The third-order valence-electron chi connectivity index (χ3n) is 15.2. The van der Waals surface area contributed by atoms with Crippen LogP contribution in [0, 0.1) is 64.2 Å². The second kappa shape index (κ2) is 25.9. The highest BCUT2D eigenvalue weighted by Gasteiger charge is 2.34. The van der Waals surface area contributed by atoms with Crippen molar-refractivity contribution >= 4 is 71.4 Å². The van der Waals surface area contributed by atoms with E-state index in [0.717, 1.165) is 79.3 Å². The average Bonchev–Trinajstić information content (AvgIpc) is 3.43. The Balaban J connectivity index is 1.68. The Kier molecular flexibility index (Phi) is 20.5. The molecule has 4 N–H and O–H groups in total. The first kappa shape index (κ1) is 63.3. The lowest BCUT2D eigenvalue weighted by atomic mass is 9.91. The molecule has 1 aliphatic carbocycles. The van der Waals surface area contributed by atoms with Crippen LogP contribution in [-0.2, 0) is 29.7 Å². The zero-order valence-corrected chi connectivity index (χ0v) is 52.1. The summed E-state index contributed by atoms with van der Waals surface area (Å²) in [5.41, 5.74) is 8.66. The predicted molar refractivity (Wildman–Crippen MR) is 329 cm³/mol. The van der Waals surface area contributed by atoms with Crippen molar-refractivity contribution in [2.45, 2.75) is 185 Å². The van der Waals surface area contributed by atoms with Crippen molar-refractivity contribution < 1.29 is 35.4 Å². The van der Waals surface area contributed by atoms with Crippen LogP contribution in [0.1, 0.15) is 167 Å². The molecule has 0 radical (unpaired) electrons. The van der Waals surface area contributed by atoms with Gasteiger partial charge >= 0.3 is 0 Å². The lowest BCUT2D eigenvalue weighted by Crippen LogP contribution is -2.39. The number of amides is 2. The van der Waals surface area contributed by atoms with Crippen LogP contribution in [0.4, 0.5) is 28.4 Å². The van der Waals surface area contributed by atoms with Crippen LogP contribution in [0.3, 0.4) is 0 Å². The number of carbonyl (C=O) groups is 2. The number of benzene rings is 5. The van der Waals surface area contributed by atoms with E-state index in [9.17, 15) is 22.6 Å². The van der Waals surface area contributed by atoms with Crippen molar-refractivity contribution in [2.75, 3.05) is 29.0 Å². The Bertz CT molecular complexity index is 3500. The van der Waals surface area contributed by atoms with E-state index in [4.69, 9.17) is 9.41 Å². The maximum atomic E-state index is 15.8. The first-order valence-electron chi connectivity index (χ1n) is 28.7. The van der Waals surface area contributed by atoms with Crippen LogP contribution >= 0.6 is 0 Å². The van der Waals surface area contributed by atoms with Gasteiger partial charge < -0.3 is 20.4 Å². The molecule has 15 heteroatoms. The van der Waals surface area contributed by atoms with E-state index < -0.39 is 25.0 Å². The quantitative estimate of drug-likeness (QED) is 0.0358. The summed E-state index contributed by atoms with van der Waals surface area (Å²) >= 11 is 0. The highest BCUT2D eigenvalue weighted by Crippen LogP contribution is 2.45. The SMILES string of the molecule is CCCCC(CC)CN(CC(CC)CCCC)S(=O)(=O)c1ccccc1-c1c2cc(S(=O)(=O)O)/c(=N/c3c(C)cc(C)c(NC(=O)CC(C)(C)C)c3C)cc-2oc2cc(Nc3c(C)cc(C)c(NC(=O)CC(C)(C)C)c3C)ccc12. The smallest absolute Gasteiger partial charge is 0.296 e. The fourth-order valence-electron chi connectivity index (χ4n) is 11.0. The minimum absolute atomic E-state index is 0.0627. The molecule has 2 atom stereocenters. The number of nitrogens with zero attached hydrogens (tertiary/aromatic N) is 2. The third kappa shape index (κ3) is 15.4. The Labute approximate surface area is 478 Å². The van der Waals surface area contributed by atoms with Gasteiger partial charge in [0.2, 0.25) is 21.8 Å². The number of unbranched alkanes of at least 4 members (excludes halogenated alkanes) is 2. The Morgan fingerprint density at radius 1 is 0.637 bits per heavy atom. The summed E-state index contributed by atoms with van der Waals surface area (Å²) < 4.78 is 78.9. The summed E-state index contributed by atoms with van der Waals surface area (Å²) in [5, 5.41) is 10.2. The number of aryl methyl sites for hydroxylation is 4. The number of fused-ring (bicyclic) bond motifs is 2. The second-order valence-corrected chi connectivity index (χ2v) is 28.0. The summed E-state index contributed by atoms with van der Waals surface area (Å²) in [6.45, 7) is 32.7. The van der Waals surface area contributed by atoms with Crippen LogP contribution in [0.2, 0.25) is 0 Å². The van der Waals surface area contributed by atoms with Crippen molar-refractivity contribution in [2.24, 2.45) is 27.7 Å². The molecule has 80 heavy (non-hydrogen) atoms. The minimum Gasteiger partial charge on any atom is -0.456 e. The highest BCUT2D eigenvalue weighted by atomic mass is 32.2. The summed E-state index contributed by atoms with van der Waals surface area (Å²) in [4.78, 5) is 31.2. The van der Waals surface area contributed by atoms with E-state index in [2.05, 4.69) is 43.6 Å². The van der Waals surface area contributed by atoms with Gasteiger partial charge in [0.05, 0.1) is 15.9 Å². The summed E-state index contributed by atoms with van der Waals surface area (Å²) in [5.74, 6) is 0.173. The third-order valence-corrected chi connectivity index (χ3v) is 18.0. The van der Waals surface area contributed by atoms with Crippen LogP contribution in [-0.4, -0.2) is 50.6 Å². The topological polar surface area (TPSA) is 187 Å². The molecule has 0 aromatic heterocycles. The number of hydrogen-bond acceptors (Lipinski definition) is 9. The fraction of sp³-hybridized carbons (Fsp3) is 0.492. The number of anilines is 4. The Hall–Kier alpha value is -5.87. The van der Waals surface area contributed by atoms with E-state index in [1.54, 1.807) is 28.6 Å². The molecule has 4 aromatic rings. The van der Waals surface area contributed by atoms with Crippen LogP contribution in [0.25, 0.3) is 33.4 Å². The molecule has 13 nitrogen and oxygen atoms in total. The zero-order chi connectivity index (χ0) is 59.2. The molecule has 1 aliphatic heterocycles. The van der Waals surface area contributed by atoms with E-state index in [1.807, 2.05) is 113 Å². The summed E-state index contributed by atoms with van der Waals surface area (Å²) in [6, 6.07) is 19.1. The van der Waals surface area contributed by atoms with Gasteiger partial charge in [0.1, 0.15) is 16.2 Å². The second-order valence-electron chi connectivity index (χ2n) is 24.7. The fourth-order valence-corrected chi connectivity index (χ4v) is 13.4. The van der Waals surface area contributed by atoms with Gasteiger partial charge in [0.15, 0.2) is 0 Å². The van der Waals surface area contributed by atoms with Gasteiger partial charge in [-0.25, -0.2) is 13.4 Å². The molecular weight excluding hydrogens is 1040 g/mol. The standard InChI is InChI=1S/C65H89N5O8S2/c1-17-21-25-46(19-3)38-70(39-47(20-4)26-22-18-2)79(73,74)55-28-24-23-27-50(55)59-49-30-29-48(66-60-40(5)31-42(7)62(44(60)9)68-57(71)36-64(11,12)13)33-53(49)78-54-35-52(56(34-51(54)59)80(75,76)77)67-61-41(6)32-43(8)63(45(61)10)69-58(72)37-65(14,15)16/h23-24,27-35,46-47,66H,17-22,25-26,36-39H2,1-16H3,(H,68,71)(H,69,72)(H,75,76,77)/b67-52+. The van der Waals surface area contributed by atoms with Gasteiger partial charge in [-0.05, 0) is 135 Å². The molecule has 1 heterocycles. The van der Waals surface area contributed by atoms with Gasteiger partial charge in [0.25, 0.3) is 10.1 Å². The zero-order valence-electron chi connectivity index (χ0n) is 50.5. The largest absolute Gasteiger partial charge is 0.456 e. The first-order chi connectivity index (χ1) is 37.4. The highest BCUT2D eigenvalue weighted by molar-refractivity contribution is 7.89. The normalized spacial score (nSPS) is 13.6. The van der Waals surface area contributed by atoms with Gasteiger partial charge in [-0.3, -0.25) is 14.1 Å². The van der Waals surface area contributed by atoms with Gasteiger partial charge in [-0.15, -0.1) is 0 Å². The van der Waals surface area contributed by atoms with Crippen LogP contribution in [0.5, 0.6) is 0 Å². The van der Waals surface area contributed by atoms with Gasteiger partial charge in [-0.2, -0.15) is 12.7 Å². The van der Waals surface area contributed by atoms with Crippen molar-refractivity contribution in [3.63, 3.8) is 0 Å². The van der Waals surface area contributed by atoms with Gasteiger partial charge in [-0.1, -0.05) is 138 Å². The molecular formula is C65H89N5O8S2. The molecule has 0 fully saturated rings. The Morgan fingerprint density at radius 3 is 1.69 bits per heavy atom. The van der Waals surface area contributed by atoms with E-state index in [0.29, 0.717) is 75.5 Å². The number of nitrogens with one attached hydrogen (secondary N) is 3. The first-order valence-corrected chi connectivity index (χ1v) is 31.5. The molecule has 4 aromatic carbocycles. The molecule has 0 saturated heterocycles. The molecule has 2 amide bonds. The van der Waals surface area contributed by atoms with E-state index in [-0.39, 0.29) is 62.5 Å². The monoisotopic (exact) mass is 1130 g/mol. The van der Waals surface area contributed by atoms with E-state index in [1.165, 1.54) is 12.1 Å². The number of sulfonamides is 1. The molecule has 2 unspecified atom stereocenters. The van der Waals surface area contributed by atoms with E-state index >= 15 is 8.42 Å². The van der Waals surface area contributed by atoms with Crippen molar-refractivity contribution in [3.05, 3.63) is 105 Å². The van der Waals surface area contributed by atoms with Crippen molar-refractivity contribution in [1.82, 2.24) is 4.31 Å². The van der Waals surface area contributed by atoms with Crippen molar-refractivity contribution in [3.8, 4) is 22.5 Å². The lowest BCUT2D eigenvalue weighted by molar-refractivity contribution is -0.118. The predicted octanol–water partition coefficient (Wildman–Crippen LogP) is 16.5. The molecule has 434 valence electrons. The van der Waals surface area contributed by atoms with Crippen LogP contribution < -0.4 is 21.3 Å². The van der Waals surface area contributed by atoms with Gasteiger partial charge in [0, 0.05) is 82.9 Å². The molecule has 2 aliphatic rings.